The zero-order valence-corrected chi connectivity index (χ0v) is 6.34. The highest BCUT2D eigenvalue weighted by Gasteiger charge is 2.47. The Morgan fingerprint density at radius 2 is 2.08 bits per heavy atom. The molecule has 1 aliphatic rings. The van der Waals surface area contributed by atoms with Crippen molar-refractivity contribution in [3.63, 3.8) is 0 Å². The molecule has 3 atom stereocenters. The van der Waals surface area contributed by atoms with Crippen LogP contribution >= 0.6 is 0 Å². The Hall–Kier alpha value is -1.47. The standard InChI is InChI=1S/C6H7NO6/c7-5(11)3(10)4-1(8)2(9)6(12)13-4/h2-4,9-10H,(H2,7,11)/t2?,3-,4+/m1/s1. The van der Waals surface area contributed by atoms with Crippen molar-refractivity contribution in [3.05, 3.63) is 0 Å². The minimum absolute atomic E-state index is 1.06. The fourth-order valence-electron chi connectivity index (χ4n) is 0.889. The number of ether oxygens (including phenoxy) is 1. The first-order chi connectivity index (χ1) is 5.95. The van der Waals surface area contributed by atoms with Crippen molar-refractivity contribution < 1.29 is 29.3 Å². The lowest BCUT2D eigenvalue weighted by atomic mass is 10.1. The summed E-state index contributed by atoms with van der Waals surface area (Å²) >= 11 is 0. The van der Waals surface area contributed by atoms with Gasteiger partial charge in [0.2, 0.25) is 11.9 Å². The molecule has 4 N–H and O–H groups in total. The van der Waals surface area contributed by atoms with Crippen LogP contribution in [-0.4, -0.2) is 46.2 Å². The summed E-state index contributed by atoms with van der Waals surface area (Å²) in [6, 6.07) is 0. The Balaban J connectivity index is 2.80. The molecular formula is C6H7NO6. The molecule has 7 heteroatoms. The molecular weight excluding hydrogens is 182 g/mol. The number of hydrogen-bond acceptors (Lipinski definition) is 6. The molecule has 13 heavy (non-hydrogen) atoms. The summed E-state index contributed by atoms with van der Waals surface area (Å²) in [5.41, 5.74) is 4.65. The number of carbonyl (C=O) groups excluding carboxylic acids is 3. The quantitative estimate of drug-likeness (QED) is 0.308. The minimum atomic E-state index is -1.93. The lowest BCUT2D eigenvalue weighted by molar-refractivity contribution is -0.153. The van der Waals surface area contributed by atoms with Gasteiger partial charge in [0.15, 0.2) is 12.2 Å². The molecule has 1 aliphatic heterocycles. The summed E-state index contributed by atoms with van der Waals surface area (Å²) in [5, 5.41) is 17.7. The smallest absolute Gasteiger partial charge is 0.343 e. The van der Waals surface area contributed by atoms with Gasteiger partial charge in [-0.2, -0.15) is 0 Å². The second-order valence-electron chi connectivity index (χ2n) is 2.51. The molecule has 0 radical (unpaired) electrons. The molecule has 0 aliphatic carbocycles. The SMILES string of the molecule is NC(=O)[C@H](O)[C@H]1OC(=O)C(O)C1=O. The molecule has 0 spiro atoms. The van der Waals surface area contributed by atoms with Crippen molar-refractivity contribution in [2.75, 3.05) is 0 Å². The van der Waals surface area contributed by atoms with Gasteiger partial charge in [-0.15, -0.1) is 0 Å². The van der Waals surface area contributed by atoms with Crippen LogP contribution in [0.2, 0.25) is 0 Å². The first-order valence-corrected chi connectivity index (χ1v) is 3.35. The molecule has 1 fully saturated rings. The Kier molecular flexibility index (Phi) is 2.30. The van der Waals surface area contributed by atoms with Gasteiger partial charge in [0, 0.05) is 0 Å². The van der Waals surface area contributed by atoms with Crippen LogP contribution in [0.1, 0.15) is 0 Å². The van der Waals surface area contributed by atoms with Gasteiger partial charge in [0.1, 0.15) is 0 Å². The van der Waals surface area contributed by atoms with Crippen LogP contribution in [-0.2, 0) is 19.1 Å². The van der Waals surface area contributed by atoms with Crippen LogP contribution in [0.25, 0.3) is 0 Å². The topological polar surface area (TPSA) is 127 Å². The van der Waals surface area contributed by atoms with E-state index in [0.29, 0.717) is 0 Å². The predicted molar refractivity (Wildman–Crippen MR) is 36.1 cm³/mol. The first kappa shape index (κ1) is 9.62. The second-order valence-corrected chi connectivity index (χ2v) is 2.51. The average Bonchev–Trinajstić information content (AvgIpc) is 2.31. The van der Waals surface area contributed by atoms with E-state index < -0.39 is 36.0 Å². The summed E-state index contributed by atoms with van der Waals surface area (Å²) in [7, 11) is 0. The fourth-order valence-corrected chi connectivity index (χ4v) is 0.889. The molecule has 1 unspecified atom stereocenters. The lowest BCUT2D eigenvalue weighted by Gasteiger charge is -2.10. The molecule has 1 amide bonds. The molecule has 0 bridgehead atoms. The predicted octanol–water partition coefficient (Wildman–Crippen LogP) is -3.31. The van der Waals surface area contributed by atoms with E-state index in [2.05, 4.69) is 10.5 Å². The Morgan fingerprint density at radius 1 is 1.54 bits per heavy atom. The van der Waals surface area contributed by atoms with E-state index in [1.54, 1.807) is 0 Å². The molecule has 0 saturated carbocycles. The van der Waals surface area contributed by atoms with Crippen LogP contribution in [0.15, 0.2) is 0 Å². The number of amides is 1. The number of aliphatic hydroxyl groups is 2. The molecule has 7 nitrogen and oxygen atoms in total. The number of carbonyl (C=O) groups is 3. The third-order valence-electron chi connectivity index (χ3n) is 1.59. The van der Waals surface area contributed by atoms with Crippen molar-refractivity contribution in [3.8, 4) is 0 Å². The molecule has 0 aromatic heterocycles. The van der Waals surface area contributed by atoms with Gasteiger partial charge in [-0.05, 0) is 0 Å². The van der Waals surface area contributed by atoms with Crippen LogP contribution in [0, 0.1) is 0 Å². The van der Waals surface area contributed by atoms with Gasteiger partial charge in [-0.3, -0.25) is 9.59 Å². The van der Waals surface area contributed by atoms with Gasteiger partial charge in [0.25, 0.3) is 5.91 Å². The highest BCUT2D eigenvalue weighted by Crippen LogP contribution is 2.14. The summed E-state index contributed by atoms with van der Waals surface area (Å²) in [4.78, 5) is 31.9. The number of esters is 1. The highest BCUT2D eigenvalue weighted by atomic mass is 16.6. The number of rotatable bonds is 2. The maximum absolute atomic E-state index is 10.9. The Morgan fingerprint density at radius 3 is 2.38 bits per heavy atom. The number of cyclic esters (lactones) is 1. The summed E-state index contributed by atoms with van der Waals surface area (Å²) < 4.78 is 4.22. The van der Waals surface area contributed by atoms with Gasteiger partial charge in [0.05, 0.1) is 0 Å². The first-order valence-electron chi connectivity index (χ1n) is 3.35. The molecule has 72 valence electrons. The molecule has 1 saturated heterocycles. The fraction of sp³-hybridized carbons (Fsp3) is 0.500. The third-order valence-corrected chi connectivity index (χ3v) is 1.59. The van der Waals surface area contributed by atoms with Crippen LogP contribution in [0.4, 0.5) is 0 Å². The van der Waals surface area contributed by atoms with Crippen LogP contribution in [0.3, 0.4) is 0 Å². The summed E-state index contributed by atoms with van der Waals surface area (Å²) in [5.74, 6) is -3.44. The van der Waals surface area contributed by atoms with E-state index in [1.165, 1.54) is 0 Å². The van der Waals surface area contributed by atoms with Crippen molar-refractivity contribution >= 4 is 17.7 Å². The zero-order chi connectivity index (χ0) is 10.2. The summed E-state index contributed by atoms with van der Waals surface area (Å²) in [6.45, 7) is 0. The highest BCUT2D eigenvalue weighted by molar-refractivity contribution is 6.10. The maximum atomic E-state index is 10.9. The minimum Gasteiger partial charge on any atom is -0.449 e. The number of aliphatic hydroxyl groups excluding tert-OH is 2. The number of primary amides is 1. The molecule has 1 heterocycles. The van der Waals surface area contributed by atoms with Crippen LogP contribution in [0.5, 0.6) is 0 Å². The van der Waals surface area contributed by atoms with Gasteiger partial charge < -0.3 is 20.7 Å². The van der Waals surface area contributed by atoms with Crippen molar-refractivity contribution in [1.82, 2.24) is 0 Å². The summed E-state index contributed by atoms with van der Waals surface area (Å²) in [6.07, 6.45) is -5.52. The zero-order valence-electron chi connectivity index (χ0n) is 6.34. The normalized spacial score (nSPS) is 30.0. The van der Waals surface area contributed by atoms with Gasteiger partial charge in [-0.25, -0.2) is 4.79 Å². The number of hydrogen-bond donors (Lipinski definition) is 3. The van der Waals surface area contributed by atoms with Crippen molar-refractivity contribution in [1.29, 1.82) is 0 Å². The van der Waals surface area contributed by atoms with E-state index in [-0.39, 0.29) is 0 Å². The number of nitrogens with two attached hydrogens (primary N) is 1. The third kappa shape index (κ3) is 1.51. The largest absolute Gasteiger partial charge is 0.449 e. The molecule has 0 aromatic carbocycles. The van der Waals surface area contributed by atoms with E-state index in [4.69, 9.17) is 10.2 Å². The van der Waals surface area contributed by atoms with Crippen molar-refractivity contribution in [2.45, 2.75) is 18.3 Å². The Bertz CT molecular complexity index is 274. The van der Waals surface area contributed by atoms with Crippen LogP contribution < -0.4 is 5.73 Å². The average molecular weight is 189 g/mol. The number of Topliss-reactive ketones (excluding diaryl/α,β-unsaturated/α-hetero) is 1. The number of ketones is 1. The van der Waals surface area contributed by atoms with Crippen molar-refractivity contribution in [2.24, 2.45) is 5.73 Å². The lowest BCUT2D eigenvalue weighted by Crippen LogP contribution is -2.43. The van der Waals surface area contributed by atoms with E-state index in [1.807, 2.05) is 0 Å². The van der Waals surface area contributed by atoms with Gasteiger partial charge >= 0.3 is 5.97 Å². The Labute approximate surface area is 72.1 Å². The van der Waals surface area contributed by atoms with E-state index in [9.17, 15) is 14.4 Å². The van der Waals surface area contributed by atoms with E-state index >= 15 is 0 Å². The molecule has 1 rings (SSSR count). The van der Waals surface area contributed by atoms with E-state index in [0.717, 1.165) is 0 Å². The maximum Gasteiger partial charge on any atom is 0.343 e. The second kappa shape index (κ2) is 3.11. The molecule has 0 aromatic rings. The monoisotopic (exact) mass is 189 g/mol. The van der Waals surface area contributed by atoms with Gasteiger partial charge in [-0.1, -0.05) is 0 Å².